The second kappa shape index (κ2) is 9.80. The Bertz CT molecular complexity index is 992. The number of carbonyl (C=O) groups excluding carboxylic acids is 1. The Hall–Kier alpha value is -1.80. The van der Waals surface area contributed by atoms with Gasteiger partial charge in [-0.2, -0.15) is 0 Å². The van der Waals surface area contributed by atoms with Crippen molar-refractivity contribution in [1.29, 1.82) is 0 Å². The van der Waals surface area contributed by atoms with Gasteiger partial charge in [0.15, 0.2) is 15.8 Å². The molecule has 2 aromatic carbocycles. The van der Waals surface area contributed by atoms with Crippen LogP contribution in [-0.4, -0.2) is 23.4 Å². The molecule has 8 heteroatoms. The standard InChI is InChI=1S/C21H17BrClNO3S2/c1-3-9-27-19-16(23)10-13(11-17(19)26-4-2)12-18-20(25)24(21(28)29-18)15-7-5-14(22)6-8-15/h3,5-8,10-12H,1,4,9H2,2H3/b18-12+. The first-order chi connectivity index (χ1) is 13.9. The van der Waals surface area contributed by atoms with Crippen LogP contribution in [0.5, 0.6) is 11.5 Å². The lowest BCUT2D eigenvalue weighted by Gasteiger charge is -2.14. The van der Waals surface area contributed by atoms with Crippen molar-refractivity contribution in [2.75, 3.05) is 18.1 Å². The van der Waals surface area contributed by atoms with E-state index < -0.39 is 0 Å². The van der Waals surface area contributed by atoms with Gasteiger partial charge in [0, 0.05) is 4.47 Å². The summed E-state index contributed by atoms with van der Waals surface area (Å²) in [5.74, 6) is 0.785. The first-order valence-corrected chi connectivity index (χ1v) is 11.1. The summed E-state index contributed by atoms with van der Waals surface area (Å²) in [5.41, 5.74) is 1.45. The number of nitrogens with zero attached hydrogens (tertiary/aromatic N) is 1. The fourth-order valence-corrected chi connectivity index (χ4v) is 4.49. The molecule has 1 aliphatic rings. The van der Waals surface area contributed by atoms with Gasteiger partial charge in [-0.3, -0.25) is 9.69 Å². The van der Waals surface area contributed by atoms with E-state index in [2.05, 4.69) is 22.5 Å². The van der Waals surface area contributed by atoms with Crippen molar-refractivity contribution >= 4 is 73.5 Å². The molecule has 0 aromatic heterocycles. The van der Waals surface area contributed by atoms with Crippen LogP contribution in [0.1, 0.15) is 12.5 Å². The molecule has 29 heavy (non-hydrogen) atoms. The van der Waals surface area contributed by atoms with E-state index in [9.17, 15) is 4.79 Å². The maximum absolute atomic E-state index is 12.9. The van der Waals surface area contributed by atoms with Crippen LogP contribution in [0.3, 0.4) is 0 Å². The smallest absolute Gasteiger partial charge is 0.270 e. The van der Waals surface area contributed by atoms with E-state index in [1.165, 1.54) is 16.7 Å². The summed E-state index contributed by atoms with van der Waals surface area (Å²) in [7, 11) is 0. The quantitative estimate of drug-likeness (QED) is 0.242. The lowest BCUT2D eigenvalue weighted by molar-refractivity contribution is -0.113. The van der Waals surface area contributed by atoms with E-state index in [1.807, 2.05) is 31.2 Å². The first kappa shape index (κ1) is 21.9. The molecule has 0 unspecified atom stereocenters. The van der Waals surface area contributed by atoms with Gasteiger partial charge in [0.05, 0.1) is 22.2 Å². The van der Waals surface area contributed by atoms with Gasteiger partial charge in [-0.1, -0.05) is 64.2 Å². The second-order valence-corrected chi connectivity index (χ2v) is 8.85. The largest absolute Gasteiger partial charge is 0.490 e. The normalized spacial score (nSPS) is 15.1. The highest BCUT2D eigenvalue weighted by atomic mass is 79.9. The van der Waals surface area contributed by atoms with Crippen molar-refractivity contribution in [2.45, 2.75) is 6.92 Å². The van der Waals surface area contributed by atoms with Gasteiger partial charge in [-0.15, -0.1) is 0 Å². The lowest BCUT2D eigenvalue weighted by Crippen LogP contribution is -2.27. The molecular formula is C21H17BrClNO3S2. The molecule has 0 radical (unpaired) electrons. The SMILES string of the molecule is C=CCOc1c(Cl)cc(/C=C2/SC(=S)N(c3ccc(Br)cc3)C2=O)cc1OCC. The Morgan fingerprint density at radius 2 is 2.00 bits per heavy atom. The molecule has 3 rings (SSSR count). The molecule has 0 atom stereocenters. The van der Waals surface area contributed by atoms with Gasteiger partial charge >= 0.3 is 0 Å². The number of hydrogen-bond acceptors (Lipinski definition) is 5. The number of rotatable bonds is 7. The highest BCUT2D eigenvalue weighted by Crippen LogP contribution is 2.40. The number of thiocarbonyl (C=S) groups is 1. The zero-order chi connectivity index (χ0) is 21.0. The van der Waals surface area contributed by atoms with E-state index in [0.29, 0.717) is 39.0 Å². The van der Waals surface area contributed by atoms with Crippen molar-refractivity contribution in [2.24, 2.45) is 0 Å². The zero-order valence-electron chi connectivity index (χ0n) is 15.5. The minimum atomic E-state index is -0.177. The average molecular weight is 511 g/mol. The maximum atomic E-state index is 12.9. The summed E-state index contributed by atoms with van der Waals surface area (Å²) in [4.78, 5) is 15.0. The van der Waals surface area contributed by atoms with Gasteiger partial charge in [0.25, 0.3) is 5.91 Å². The van der Waals surface area contributed by atoms with Crippen molar-refractivity contribution in [3.05, 3.63) is 69.0 Å². The first-order valence-electron chi connectivity index (χ1n) is 8.68. The highest BCUT2D eigenvalue weighted by molar-refractivity contribution is 9.10. The summed E-state index contributed by atoms with van der Waals surface area (Å²) in [6.45, 7) is 6.28. The summed E-state index contributed by atoms with van der Waals surface area (Å²) in [6.07, 6.45) is 3.39. The van der Waals surface area contributed by atoms with Gasteiger partial charge in [-0.25, -0.2) is 0 Å². The molecule has 150 valence electrons. The number of hydrogen-bond donors (Lipinski definition) is 0. The van der Waals surface area contributed by atoms with Crippen molar-refractivity contribution in [3.63, 3.8) is 0 Å². The Morgan fingerprint density at radius 3 is 2.66 bits per heavy atom. The number of halogens is 2. The molecule has 1 aliphatic heterocycles. The molecule has 0 saturated carbocycles. The third kappa shape index (κ3) is 5.04. The predicted molar refractivity (Wildman–Crippen MR) is 128 cm³/mol. The number of amides is 1. The van der Waals surface area contributed by atoms with Crippen LogP contribution in [0.2, 0.25) is 5.02 Å². The van der Waals surface area contributed by atoms with Crippen LogP contribution in [0.15, 0.2) is 58.4 Å². The highest BCUT2D eigenvalue weighted by Gasteiger charge is 2.33. The molecule has 1 amide bonds. The summed E-state index contributed by atoms with van der Waals surface area (Å²) >= 11 is 16.5. The predicted octanol–water partition coefficient (Wildman–Crippen LogP) is 6.47. The number of thioether (sulfide) groups is 1. The van der Waals surface area contributed by atoms with Crippen LogP contribution >= 0.6 is 51.5 Å². The van der Waals surface area contributed by atoms with Crippen LogP contribution in [0.25, 0.3) is 6.08 Å². The number of ether oxygens (including phenoxy) is 2. The topological polar surface area (TPSA) is 38.8 Å². The van der Waals surface area contributed by atoms with E-state index in [4.69, 9.17) is 33.3 Å². The molecule has 1 fully saturated rings. The number of benzene rings is 2. The van der Waals surface area contributed by atoms with Crippen LogP contribution in [0, 0.1) is 0 Å². The Labute approximate surface area is 192 Å². The molecule has 0 spiro atoms. The van der Waals surface area contributed by atoms with Gasteiger partial charge in [0.1, 0.15) is 6.61 Å². The molecule has 1 heterocycles. The van der Waals surface area contributed by atoms with E-state index >= 15 is 0 Å². The minimum Gasteiger partial charge on any atom is -0.490 e. The van der Waals surface area contributed by atoms with Crippen LogP contribution in [-0.2, 0) is 4.79 Å². The average Bonchev–Trinajstić information content (AvgIpc) is 2.95. The second-order valence-electron chi connectivity index (χ2n) is 5.86. The summed E-state index contributed by atoms with van der Waals surface area (Å²) in [6, 6.07) is 10.9. The Kier molecular flexibility index (Phi) is 7.40. The molecule has 1 saturated heterocycles. The Morgan fingerprint density at radius 1 is 1.28 bits per heavy atom. The number of anilines is 1. The molecular weight excluding hydrogens is 494 g/mol. The zero-order valence-corrected chi connectivity index (χ0v) is 19.5. The minimum absolute atomic E-state index is 0.177. The molecule has 4 nitrogen and oxygen atoms in total. The maximum Gasteiger partial charge on any atom is 0.270 e. The van der Waals surface area contributed by atoms with Crippen molar-refractivity contribution in [3.8, 4) is 11.5 Å². The molecule has 2 aromatic rings. The molecule has 0 aliphatic carbocycles. The fraction of sp³-hybridized carbons (Fsp3) is 0.143. The van der Waals surface area contributed by atoms with E-state index in [0.717, 1.165) is 15.7 Å². The van der Waals surface area contributed by atoms with Crippen molar-refractivity contribution in [1.82, 2.24) is 0 Å². The number of carbonyl (C=O) groups is 1. The third-order valence-corrected chi connectivity index (χ3v) is 5.97. The fourth-order valence-electron chi connectivity index (χ4n) is 2.65. The van der Waals surface area contributed by atoms with Gasteiger partial charge in [-0.05, 0) is 55.0 Å². The van der Waals surface area contributed by atoms with Gasteiger partial charge in [0.2, 0.25) is 0 Å². The van der Waals surface area contributed by atoms with Crippen LogP contribution < -0.4 is 14.4 Å². The molecule has 0 bridgehead atoms. The monoisotopic (exact) mass is 509 g/mol. The Balaban J connectivity index is 1.93. The molecule has 0 N–H and O–H groups in total. The van der Waals surface area contributed by atoms with Crippen molar-refractivity contribution < 1.29 is 14.3 Å². The van der Waals surface area contributed by atoms with E-state index in [1.54, 1.807) is 24.3 Å². The third-order valence-electron chi connectivity index (χ3n) is 3.85. The summed E-state index contributed by atoms with van der Waals surface area (Å²) < 4.78 is 12.7. The van der Waals surface area contributed by atoms with E-state index in [-0.39, 0.29) is 5.91 Å². The lowest BCUT2D eigenvalue weighted by atomic mass is 10.1. The van der Waals surface area contributed by atoms with Crippen LogP contribution in [0.4, 0.5) is 5.69 Å². The van der Waals surface area contributed by atoms with Gasteiger partial charge < -0.3 is 9.47 Å². The summed E-state index contributed by atoms with van der Waals surface area (Å²) in [5, 5.41) is 0.396.